The first-order valence-electron chi connectivity index (χ1n) is 9.92. The van der Waals surface area contributed by atoms with Gasteiger partial charge in [-0.3, -0.25) is 9.69 Å². The molecule has 0 aromatic heterocycles. The van der Waals surface area contributed by atoms with Crippen LogP contribution in [-0.4, -0.2) is 56.4 Å². The van der Waals surface area contributed by atoms with Crippen molar-refractivity contribution < 1.29 is 28.5 Å². The van der Waals surface area contributed by atoms with Crippen molar-refractivity contribution in [3.8, 4) is 17.2 Å². The molecular weight excluding hydrogens is 559 g/mol. The van der Waals surface area contributed by atoms with Crippen LogP contribution in [0.4, 0.5) is 5.69 Å². The summed E-state index contributed by atoms with van der Waals surface area (Å²) in [7, 11) is 4.81. The molecule has 2 aromatic carbocycles. The van der Waals surface area contributed by atoms with Gasteiger partial charge in [0.25, 0.3) is 5.91 Å². The van der Waals surface area contributed by atoms with E-state index in [1.54, 1.807) is 33.2 Å². The third-order valence-electron chi connectivity index (χ3n) is 4.49. The van der Waals surface area contributed by atoms with Crippen molar-refractivity contribution in [2.45, 2.75) is 6.92 Å². The molecule has 1 amide bonds. The SMILES string of the molecule is CCOC(=O)COc1c(I)cc(C=C2SC(=Nc3ccc(OC)cc3)N(C)C2=O)cc1OC. The average molecular weight is 582 g/mol. The fourth-order valence-electron chi connectivity index (χ4n) is 2.87. The molecule has 174 valence electrons. The van der Waals surface area contributed by atoms with E-state index in [2.05, 4.69) is 27.6 Å². The maximum atomic E-state index is 12.8. The molecule has 0 aliphatic carbocycles. The normalized spacial score (nSPS) is 15.8. The summed E-state index contributed by atoms with van der Waals surface area (Å²) in [6.45, 7) is 1.80. The van der Waals surface area contributed by atoms with Crippen molar-refractivity contribution in [1.82, 2.24) is 4.90 Å². The van der Waals surface area contributed by atoms with Crippen LogP contribution in [0.15, 0.2) is 46.3 Å². The van der Waals surface area contributed by atoms with E-state index in [9.17, 15) is 9.59 Å². The highest BCUT2D eigenvalue weighted by Gasteiger charge is 2.30. The largest absolute Gasteiger partial charge is 0.497 e. The molecule has 1 aliphatic heterocycles. The molecule has 1 fully saturated rings. The zero-order valence-corrected chi connectivity index (χ0v) is 21.6. The maximum absolute atomic E-state index is 12.8. The van der Waals surface area contributed by atoms with E-state index in [0.29, 0.717) is 21.6 Å². The Hall–Kier alpha value is -2.73. The fourth-order valence-corrected chi connectivity index (χ4v) is 4.64. The summed E-state index contributed by atoms with van der Waals surface area (Å²) in [6, 6.07) is 10.9. The number of benzene rings is 2. The second-order valence-electron chi connectivity index (χ2n) is 6.70. The lowest BCUT2D eigenvalue weighted by atomic mass is 10.2. The Kier molecular flexibility index (Phi) is 8.61. The number of amides is 1. The van der Waals surface area contributed by atoms with Crippen LogP contribution in [0.1, 0.15) is 12.5 Å². The van der Waals surface area contributed by atoms with E-state index in [1.165, 1.54) is 23.8 Å². The number of amidine groups is 1. The van der Waals surface area contributed by atoms with Gasteiger partial charge in [0.15, 0.2) is 23.3 Å². The third kappa shape index (κ3) is 6.20. The summed E-state index contributed by atoms with van der Waals surface area (Å²) >= 11 is 3.39. The van der Waals surface area contributed by atoms with Crippen molar-refractivity contribution in [3.05, 3.63) is 50.4 Å². The van der Waals surface area contributed by atoms with Crippen LogP contribution < -0.4 is 14.2 Å². The van der Waals surface area contributed by atoms with Crippen molar-refractivity contribution in [3.63, 3.8) is 0 Å². The van der Waals surface area contributed by atoms with E-state index in [-0.39, 0.29) is 19.1 Å². The third-order valence-corrected chi connectivity index (χ3v) is 6.35. The lowest BCUT2D eigenvalue weighted by Crippen LogP contribution is -2.23. The predicted octanol–water partition coefficient (Wildman–Crippen LogP) is 4.48. The van der Waals surface area contributed by atoms with E-state index in [0.717, 1.165) is 20.6 Å². The van der Waals surface area contributed by atoms with Crippen molar-refractivity contribution >= 4 is 63.2 Å². The van der Waals surface area contributed by atoms with Crippen LogP contribution >= 0.6 is 34.4 Å². The predicted molar refractivity (Wildman–Crippen MR) is 136 cm³/mol. The van der Waals surface area contributed by atoms with Crippen LogP contribution in [-0.2, 0) is 14.3 Å². The molecule has 0 atom stereocenters. The molecule has 0 radical (unpaired) electrons. The summed E-state index contributed by atoms with van der Waals surface area (Å²) in [5, 5.41) is 0.576. The second kappa shape index (κ2) is 11.4. The molecule has 1 aliphatic rings. The molecule has 0 spiro atoms. The first kappa shape index (κ1) is 24.9. The quantitative estimate of drug-likeness (QED) is 0.258. The summed E-state index contributed by atoms with van der Waals surface area (Å²) in [5.74, 6) is 1.03. The molecule has 0 bridgehead atoms. The number of ether oxygens (including phenoxy) is 4. The zero-order chi connectivity index (χ0) is 24.0. The van der Waals surface area contributed by atoms with Crippen LogP contribution in [0.5, 0.6) is 17.2 Å². The summed E-state index contributed by atoms with van der Waals surface area (Å²) in [4.78, 5) is 31.0. The molecule has 1 saturated heterocycles. The number of thioether (sulfide) groups is 1. The summed E-state index contributed by atoms with van der Waals surface area (Å²) in [5.41, 5.74) is 1.48. The van der Waals surface area contributed by atoms with E-state index < -0.39 is 5.97 Å². The number of rotatable bonds is 8. The van der Waals surface area contributed by atoms with Crippen LogP contribution in [0, 0.1) is 3.57 Å². The molecule has 0 N–H and O–H groups in total. The molecule has 10 heteroatoms. The first-order chi connectivity index (χ1) is 15.9. The van der Waals surface area contributed by atoms with Gasteiger partial charge >= 0.3 is 5.97 Å². The maximum Gasteiger partial charge on any atom is 0.344 e. The van der Waals surface area contributed by atoms with Gasteiger partial charge in [-0.15, -0.1) is 0 Å². The lowest BCUT2D eigenvalue weighted by Gasteiger charge is -2.13. The zero-order valence-electron chi connectivity index (χ0n) is 18.6. The van der Waals surface area contributed by atoms with Gasteiger partial charge in [0.05, 0.1) is 35.0 Å². The Balaban J connectivity index is 1.83. The second-order valence-corrected chi connectivity index (χ2v) is 8.87. The molecule has 1 heterocycles. The van der Waals surface area contributed by atoms with Crippen molar-refractivity contribution in [2.75, 3.05) is 34.5 Å². The van der Waals surface area contributed by atoms with E-state index in [4.69, 9.17) is 18.9 Å². The van der Waals surface area contributed by atoms with Gasteiger partial charge in [-0.1, -0.05) is 0 Å². The number of esters is 1. The molecule has 3 rings (SSSR count). The Labute approximate surface area is 210 Å². The number of hydrogen-bond acceptors (Lipinski definition) is 8. The Morgan fingerprint density at radius 3 is 2.55 bits per heavy atom. The van der Waals surface area contributed by atoms with Crippen molar-refractivity contribution in [1.29, 1.82) is 0 Å². The minimum atomic E-state index is -0.457. The molecule has 33 heavy (non-hydrogen) atoms. The first-order valence-corrected chi connectivity index (χ1v) is 11.8. The van der Waals surface area contributed by atoms with Crippen LogP contribution in [0.25, 0.3) is 6.08 Å². The summed E-state index contributed by atoms with van der Waals surface area (Å²) < 4.78 is 21.8. The smallest absolute Gasteiger partial charge is 0.344 e. The van der Waals surface area contributed by atoms with Gasteiger partial charge in [-0.2, -0.15) is 0 Å². The van der Waals surface area contributed by atoms with Crippen LogP contribution in [0.2, 0.25) is 0 Å². The monoisotopic (exact) mass is 582 g/mol. The number of aliphatic imine (C=N–C) groups is 1. The number of hydrogen-bond donors (Lipinski definition) is 0. The molecule has 0 unspecified atom stereocenters. The van der Waals surface area contributed by atoms with Gasteiger partial charge in [0, 0.05) is 7.05 Å². The van der Waals surface area contributed by atoms with Crippen molar-refractivity contribution in [2.24, 2.45) is 4.99 Å². The van der Waals surface area contributed by atoms with Gasteiger partial charge in [-0.25, -0.2) is 9.79 Å². The Morgan fingerprint density at radius 1 is 1.18 bits per heavy atom. The molecule has 8 nitrogen and oxygen atoms in total. The van der Waals surface area contributed by atoms with Gasteiger partial charge < -0.3 is 18.9 Å². The minimum absolute atomic E-state index is 0.149. The number of methoxy groups -OCH3 is 2. The highest BCUT2D eigenvalue weighted by molar-refractivity contribution is 14.1. The minimum Gasteiger partial charge on any atom is -0.497 e. The number of carbonyl (C=O) groups excluding carboxylic acids is 2. The Morgan fingerprint density at radius 2 is 1.91 bits per heavy atom. The van der Waals surface area contributed by atoms with Gasteiger partial charge in [0.1, 0.15) is 5.75 Å². The topological polar surface area (TPSA) is 86.7 Å². The average Bonchev–Trinajstić information content (AvgIpc) is 3.06. The Bertz CT molecular complexity index is 1100. The number of carbonyl (C=O) groups is 2. The van der Waals surface area contributed by atoms with E-state index in [1.807, 2.05) is 30.3 Å². The number of likely N-dealkylation sites (N-methyl/N-ethyl adjacent to an activating group) is 1. The fraction of sp³-hybridized carbons (Fsp3) is 0.261. The lowest BCUT2D eigenvalue weighted by molar-refractivity contribution is -0.145. The molecule has 0 saturated carbocycles. The number of nitrogens with zero attached hydrogens (tertiary/aromatic N) is 2. The molecule has 2 aromatic rings. The molecular formula is C23H23IN2O6S. The van der Waals surface area contributed by atoms with Gasteiger partial charge in [-0.05, 0) is 89.3 Å². The highest BCUT2D eigenvalue weighted by atomic mass is 127. The number of halogens is 1. The van der Waals surface area contributed by atoms with Crippen LogP contribution in [0.3, 0.4) is 0 Å². The standard InChI is InChI=1S/C23H23IN2O6S/c1-5-31-20(27)13-32-21-17(24)10-14(11-18(21)30-4)12-19-22(28)26(2)23(33-19)25-15-6-8-16(29-3)9-7-15/h6-12H,5,13H2,1-4H3. The van der Waals surface area contributed by atoms with Gasteiger partial charge in [0.2, 0.25) is 0 Å². The van der Waals surface area contributed by atoms with E-state index >= 15 is 0 Å². The summed E-state index contributed by atoms with van der Waals surface area (Å²) in [6.07, 6.45) is 1.78. The highest BCUT2D eigenvalue weighted by Crippen LogP contribution is 2.37.